The van der Waals surface area contributed by atoms with Gasteiger partial charge < -0.3 is 10.6 Å². The third kappa shape index (κ3) is 5.48. The molecule has 2 amide bonds. The Labute approximate surface area is 196 Å². The first-order valence-corrected chi connectivity index (χ1v) is 11.4. The van der Waals surface area contributed by atoms with Crippen molar-refractivity contribution in [2.75, 3.05) is 12.8 Å². The van der Waals surface area contributed by atoms with E-state index < -0.39 is 0 Å². The van der Waals surface area contributed by atoms with E-state index in [9.17, 15) is 9.59 Å². The van der Waals surface area contributed by atoms with Gasteiger partial charge in [-0.15, -0.1) is 10.2 Å². The van der Waals surface area contributed by atoms with Gasteiger partial charge in [-0.05, 0) is 29.8 Å². The number of nitrogens with one attached hydrogen (secondary N) is 2. The van der Waals surface area contributed by atoms with Crippen LogP contribution in [0.1, 0.15) is 15.9 Å². The standard InChI is InChI=1S/C25H23N5O2S/c1-26-24(32)20-12-8-9-18(15-20)16-27-22(31)17-33-25-29-28-23(19-10-4-2-5-11-19)30(25)21-13-6-3-7-14-21/h2-15H,16-17H2,1H3,(H,26,32)(H,27,31). The number of aromatic nitrogens is 3. The van der Waals surface area contributed by atoms with Crippen LogP contribution >= 0.6 is 11.8 Å². The molecule has 0 atom stereocenters. The Hall–Kier alpha value is -3.91. The molecule has 3 aromatic carbocycles. The van der Waals surface area contributed by atoms with Gasteiger partial charge in [-0.1, -0.05) is 72.4 Å². The number of carbonyl (C=O) groups is 2. The maximum Gasteiger partial charge on any atom is 0.251 e. The van der Waals surface area contributed by atoms with Crippen LogP contribution in [0.15, 0.2) is 90.1 Å². The molecule has 0 bridgehead atoms. The SMILES string of the molecule is CNC(=O)c1cccc(CNC(=O)CSc2nnc(-c3ccccc3)n2-c2ccccc2)c1. The fraction of sp³-hybridized carbons (Fsp3) is 0.120. The summed E-state index contributed by atoms with van der Waals surface area (Å²) >= 11 is 1.33. The van der Waals surface area contributed by atoms with E-state index in [1.165, 1.54) is 11.8 Å². The maximum absolute atomic E-state index is 12.5. The molecule has 0 aliphatic carbocycles. The fourth-order valence-electron chi connectivity index (χ4n) is 3.30. The first-order valence-electron chi connectivity index (χ1n) is 10.4. The Bertz CT molecular complexity index is 1240. The normalized spacial score (nSPS) is 10.6. The molecule has 0 aliphatic heterocycles. The molecule has 2 N–H and O–H groups in total. The number of hydrogen-bond donors (Lipinski definition) is 2. The van der Waals surface area contributed by atoms with E-state index >= 15 is 0 Å². The van der Waals surface area contributed by atoms with Gasteiger partial charge in [0.05, 0.1) is 5.75 Å². The summed E-state index contributed by atoms with van der Waals surface area (Å²) in [6.07, 6.45) is 0. The summed E-state index contributed by atoms with van der Waals surface area (Å²) in [6, 6.07) is 26.9. The number of hydrogen-bond acceptors (Lipinski definition) is 5. The number of benzene rings is 3. The first kappa shape index (κ1) is 22.3. The number of amides is 2. The van der Waals surface area contributed by atoms with Gasteiger partial charge in [-0.3, -0.25) is 14.2 Å². The molecule has 0 spiro atoms. The summed E-state index contributed by atoms with van der Waals surface area (Å²) in [7, 11) is 1.59. The summed E-state index contributed by atoms with van der Waals surface area (Å²) in [5.74, 6) is 0.618. The minimum atomic E-state index is -0.159. The monoisotopic (exact) mass is 457 g/mol. The molecule has 0 saturated heterocycles. The average molecular weight is 458 g/mol. The predicted molar refractivity (Wildman–Crippen MR) is 129 cm³/mol. The highest BCUT2D eigenvalue weighted by atomic mass is 32.2. The Kier molecular flexibility index (Phi) is 7.16. The number of nitrogens with zero attached hydrogens (tertiary/aromatic N) is 3. The lowest BCUT2D eigenvalue weighted by atomic mass is 10.1. The van der Waals surface area contributed by atoms with Crippen LogP contribution in [0.3, 0.4) is 0 Å². The molecule has 1 aromatic heterocycles. The van der Waals surface area contributed by atoms with Crippen LogP contribution in [0.4, 0.5) is 0 Å². The lowest BCUT2D eigenvalue weighted by Gasteiger charge is -2.10. The van der Waals surface area contributed by atoms with Crippen LogP contribution in [0, 0.1) is 0 Å². The van der Waals surface area contributed by atoms with E-state index in [0.29, 0.717) is 17.3 Å². The minimum absolute atomic E-state index is 0.130. The number of rotatable bonds is 8. The summed E-state index contributed by atoms with van der Waals surface area (Å²) in [5, 5.41) is 14.9. The van der Waals surface area contributed by atoms with Crippen molar-refractivity contribution in [1.29, 1.82) is 0 Å². The largest absolute Gasteiger partial charge is 0.355 e. The van der Waals surface area contributed by atoms with Gasteiger partial charge in [0.1, 0.15) is 0 Å². The fourth-order valence-corrected chi connectivity index (χ4v) is 4.08. The molecule has 4 rings (SSSR count). The zero-order valence-corrected chi connectivity index (χ0v) is 18.9. The predicted octanol–water partition coefficient (Wildman–Crippen LogP) is 3.70. The lowest BCUT2D eigenvalue weighted by Crippen LogP contribution is -2.25. The molecular weight excluding hydrogens is 434 g/mol. The van der Waals surface area contributed by atoms with Crippen molar-refractivity contribution >= 4 is 23.6 Å². The molecular formula is C25H23N5O2S. The van der Waals surface area contributed by atoms with Gasteiger partial charge >= 0.3 is 0 Å². The van der Waals surface area contributed by atoms with E-state index in [2.05, 4.69) is 20.8 Å². The second-order valence-corrected chi connectivity index (χ2v) is 8.13. The molecule has 0 fully saturated rings. The van der Waals surface area contributed by atoms with Crippen LogP contribution in [0.2, 0.25) is 0 Å². The Morgan fingerprint density at radius 2 is 1.64 bits per heavy atom. The summed E-state index contributed by atoms with van der Waals surface area (Å²) in [4.78, 5) is 24.3. The zero-order valence-electron chi connectivity index (χ0n) is 18.1. The molecule has 0 aliphatic rings. The average Bonchev–Trinajstić information content (AvgIpc) is 3.31. The summed E-state index contributed by atoms with van der Waals surface area (Å²) in [6.45, 7) is 0.338. The first-order chi connectivity index (χ1) is 16.2. The Morgan fingerprint density at radius 3 is 2.36 bits per heavy atom. The quantitative estimate of drug-likeness (QED) is 0.394. The van der Waals surface area contributed by atoms with Crippen LogP contribution in [0.5, 0.6) is 0 Å². The van der Waals surface area contributed by atoms with Gasteiger partial charge in [0, 0.05) is 30.4 Å². The van der Waals surface area contributed by atoms with Gasteiger partial charge in [0.15, 0.2) is 11.0 Å². The summed E-state index contributed by atoms with van der Waals surface area (Å²) < 4.78 is 1.96. The minimum Gasteiger partial charge on any atom is -0.355 e. The van der Waals surface area contributed by atoms with Gasteiger partial charge in [-0.25, -0.2) is 0 Å². The number of carbonyl (C=O) groups excluding carboxylic acids is 2. The van der Waals surface area contributed by atoms with Crippen LogP contribution in [-0.4, -0.2) is 39.4 Å². The Balaban J connectivity index is 1.46. The smallest absolute Gasteiger partial charge is 0.251 e. The second kappa shape index (κ2) is 10.6. The van der Waals surface area contributed by atoms with Crippen LogP contribution in [0.25, 0.3) is 17.1 Å². The van der Waals surface area contributed by atoms with E-state index in [0.717, 1.165) is 22.6 Å². The highest BCUT2D eigenvalue weighted by molar-refractivity contribution is 7.99. The summed E-state index contributed by atoms with van der Waals surface area (Å²) in [5.41, 5.74) is 3.28. The van der Waals surface area contributed by atoms with Crippen molar-refractivity contribution in [1.82, 2.24) is 25.4 Å². The topological polar surface area (TPSA) is 88.9 Å². The van der Waals surface area contributed by atoms with Crippen molar-refractivity contribution in [3.63, 3.8) is 0 Å². The zero-order chi connectivity index (χ0) is 23.0. The molecule has 0 saturated carbocycles. The molecule has 1 heterocycles. The molecule has 4 aromatic rings. The molecule has 33 heavy (non-hydrogen) atoms. The molecule has 0 unspecified atom stereocenters. The van der Waals surface area contributed by atoms with E-state index in [4.69, 9.17) is 0 Å². The Morgan fingerprint density at radius 1 is 0.909 bits per heavy atom. The highest BCUT2D eigenvalue weighted by Gasteiger charge is 2.17. The van der Waals surface area contributed by atoms with Crippen molar-refractivity contribution in [3.8, 4) is 17.1 Å². The lowest BCUT2D eigenvalue weighted by molar-refractivity contribution is -0.118. The van der Waals surface area contributed by atoms with Gasteiger partial charge in [0.2, 0.25) is 5.91 Å². The van der Waals surface area contributed by atoms with Crippen molar-refractivity contribution in [2.24, 2.45) is 0 Å². The van der Waals surface area contributed by atoms with Crippen molar-refractivity contribution < 1.29 is 9.59 Å². The van der Waals surface area contributed by atoms with Crippen molar-refractivity contribution in [2.45, 2.75) is 11.7 Å². The molecule has 166 valence electrons. The van der Waals surface area contributed by atoms with Gasteiger partial charge in [-0.2, -0.15) is 0 Å². The third-order valence-corrected chi connectivity index (χ3v) is 5.85. The molecule has 7 nitrogen and oxygen atoms in total. The maximum atomic E-state index is 12.5. The van der Waals surface area contributed by atoms with E-state index in [-0.39, 0.29) is 17.6 Å². The van der Waals surface area contributed by atoms with E-state index in [1.54, 1.807) is 25.2 Å². The highest BCUT2D eigenvalue weighted by Crippen LogP contribution is 2.27. The van der Waals surface area contributed by atoms with Crippen LogP contribution in [-0.2, 0) is 11.3 Å². The number of para-hydroxylation sites is 1. The third-order valence-electron chi connectivity index (χ3n) is 4.92. The molecule has 0 radical (unpaired) electrons. The number of thioether (sulfide) groups is 1. The van der Waals surface area contributed by atoms with Gasteiger partial charge in [0.25, 0.3) is 5.91 Å². The second-order valence-electron chi connectivity index (χ2n) is 7.19. The van der Waals surface area contributed by atoms with E-state index in [1.807, 2.05) is 71.3 Å². The van der Waals surface area contributed by atoms with Crippen molar-refractivity contribution in [3.05, 3.63) is 96.1 Å². The molecule has 8 heteroatoms. The van der Waals surface area contributed by atoms with Crippen LogP contribution < -0.4 is 10.6 Å².